The first-order valence-corrected chi connectivity index (χ1v) is 8.43. The number of rotatable bonds is 4. The topological polar surface area (TPSA) is 65.1 Å². The lowest BCUT2D eigenvalue weighted by Crippen LogP contribution is -2.44. The Labute approximate surface area is 142 Å². The molecule has 1 fully saturated rings. The van der Waals surface area contributed by atoms with Gasteiger partial charge in [0, 0.05) is 19.0 Å². The van der Waals surface area contributed by atoms with E-state index in [9.17, 15) is 4.79 Å². The molecule has 2 aromatic rings. The van der Waals surface area contributed by atoms with E-state index in [1.807, 2.05) is 23.9 Å². The molecule has 0 bridgehead atoms. The van der Waals surface area contributed by atoms with E-state index in [1.165, 1.54) is 5.56 Å². The second kappa shape index (κ2) is 7.13. The molecule has 0 unspecified atom stereocenters. The van der Waals surface area contributed by atoms with Gasteiger partial charge in [0.2, 0.25) is 5.91 Å². The molecular weight excluding hydrogens is 302 g/mol. The van der Waals surface area contributed by atoms with Crippen molar-refractivity contribution in [2.24, 2.45) is 0 Å². The summed E-state index contributed by atoms with van der Waals surface area (Å²) in [4.78, 5) is 21.3. The van der Waals surface area contributed by atoms with Crippen LogP contribution in [0, 0.1) is 6.92 Å². The largest absolute Gasteiger partial charge is 0.341 e. The number of benzene rings is 1. The molecule has 24 heavy (non-hydrogen) atoms. The van der Waals surface area contributed by atoms with Crippen molar-refractivity contribution >= 4 is 5.91 Å². The van der Waals surface area contributed by atoms with Gasteiger partial charge in [-0.3, -0.25) is 14.8 Å². The molecule has 0 radical (unpaired) electrons. The molecule has 1 saturated heterocycles. The molecular formula is C18H25N5O. The van der Waals surface area contributed by atoms with Crippen LogP contribution in [0.5, 0.6) is 0 Å². The summed E-state index contributed by atoms with van der Waals surface area (Å²) in [5.41, 5.74) is 2.25. The van der Waals surface area contributed by atoms with Crippen LogP contribution in [0.1, 0.15) is 41.8 Å². The Hall–Kier alpha value is -2.21. The lowest BCUT2D eigenvalue weighted by molar-refractivity contribution is -0.137. The van der Waals surface area contributed by atoms with Crippen LogP contribution in [0.4, 0.5) is 0 Å². The number of likely N-dealkylation sites (N-methyl/N-ethyl adjacent to an activating group) is 1. The minimum absolute atomic E-state index is 0.180. The third-order valence-electron chi connectivity index (χ3n) is 4.77. The van der Waals surface area contributed by atoms with E-state index in [4.69, 9.17) is 0 Å². The molecule has 1 N–H and O–H groups in total. The summed E-state index contributed by atoms with van der Waals surface area (Å²) in [6.45, 7) is 3.59. The maximum absolute atomic E-state index is 13.1. The fraction of sp³-hybridized carbons (Fsp3) is 0.500. The Bertz CT molecular complexity index is 657. The number of amides is 1. The van der Waals surface area contributed by atoms with Crippen LogP contribution in [0.2, 0.25) is 0 Å². The van der Waals surface area contributed by atoms with Gasteiger partial charge in [0.05, 0.1) is 0 Å². The number of nitrogens with one attached hydrogen (secondary N) is 1. The van der Waals surface area contributed by atoms with Crippen LogP contribution in [0.15, 0.2) is 30.6 Å². The lowest BCUT2D eigenvalue weighted by atomic mass is 9.94. The van der Waals surface area contributed by atoms with Crippen molar-refractivity contribution in [2.75, 3.05) is 27.2 Å². The number of nitrogens with zero attached hydrogens (tertiary/aromatic N) is 4. The van der Waals surface area contributed by atoms with E-state index < -0.39 is 0 Å². The Balaban J connectivity index is 1.69. The van der Waals surface area contributed by atoms with Crippen molar-refractivity contribution in [2.45, 2.75) is 31.7 Å². The molecule has 0 aliphatic carbocycles. The number of carbonyl (C=O) groups excluding carboxylic acids is 1. The molecule has 1 amide bonds. The first-order chi connectivity index (χ1) is 11.6. The van der Waals surface area contributed by atoms with E-state index in [-0.39, 0.29) is 11.9 Å². The van der Waals surface area contributed by atoms with Gasteiger partial charge < -0.3 is 4.90 Å². The van der Waals surface area contributed by atoms with Crippen LogP contribution in [0.3, 0.4) is 0 Å². The molecule has 1 aliphatic heterocycles. The van der Waals surface area contributed by atoms with Crippen molar-refractivity contribution in [3.63, 3.8) is 0 Å². The predicted octanol–water partition coefficient (Wildman–Crippen LogP) is 2.12. The number of H-pyrrole nitrogens is 1. The fourth-order valence-corrected chi connectivity index (χ4v) is 3.37. The number of aromatic nitrogens is 3. The average Bonchev–Trinajstić information content (AvgIpc) is 3.11. The SMILES string of the molecule is Cc1ccc([C@@H](C(=O)N2CCC(c3ncn[nH]3)CC2)N(C)C)cc1. The molecule has 1 aromatic carbocycles. The van der Waals surface area contributed by atoms with Crippen LogP contribution >= 0.6 is 0 Å². The van der Waals surface area contributed by atoms with Crippen molar-refractivity contribution < 1.29 is 4.79 Å². The third kappa shape index (κ3) is 3.48. The number of hydrogen-bond donors (Lipinski definition) is 1. The van der Waals surface area contributed by atoms with Gasteiger partial charge in [0.25, 0.3) is 0 Å². The smallest absolute Gasteiger partial charge is 0.244 e. The summed E-state index contributed by atoms with van der Waals surface area (Å²) in [6.07, 6.45) is 3.40. The first-order valence-electron chi connectivity index (χ1n) is 8.43. The van der Waals surface area contributed by atoms with Gasteiger partial charge in [-0.05, 0) is 39.4 Å². The molecule has 1 aromatic heterocycles. The number of likely N-dealkylation sites (tertiary alicyclic amines) is 1. The number of piperidine rings is 1. The Morgan fingerprint density at radius 2 is 1.92 bits per heavy atom. The van der Waals surface area contributed by atoms with Gasteiger partial charge in [-0.2, -0.15) is 5.10 Å². The van der Waals surface area contributed by atoms with E-state index in [0.717, 1.165) is 37.3 Å². The normalized spacial score (nSPS) is 17.2. The van der Waals surface area contributed by atoms with Crippen LogP contribution < -0.4 is 0 Å². The van der Waals surface area contributed by atoms with Crippen molar-refractivity contribution in [3.8, 4) is 0 Å². The standard InChI is InChI=1S/C18H25N5O/c1-13-4-6-14(7-5-13)16(22(2)3)18(24)23-10-8-15(9-11-23)17-19-12-20-21-17/h4-7,12,15-16H,8-11H2,1-3H3,(H,19,20,21)/t16-/m0/s1. The zero-order valence-corrected chi connectivity index (χ0v) is 14.6. The van der Waals surface area contributed by atoms with Gasteiger partial charge in [-0.15, -0.1) is 0 Å². The summed E-state index contributed by atoms with van der Waals surface area (Å²) in [5.74, 6) is 1.48. The minimum Gasteiger partial charge on any atom is -0.341 e. The molecule has 6 nitrogen and oxygen atoms in total. The molecule has 128 valence electrons. The van der Waals surface area contributed by atoms with Gasteiger partial charge in [-0.1, -0.05) is 29.8 Å². The highest BCUT2D eigenvalue weighted by atomic mass is 16.2. The van der Waals surface area contributed by atoms with Crippen LogP contribution in [-0.4, -0.2) is 58.1 Å². The summed E-state index contributed by atoms with van der Waals surface area (Å²) in [7, 11) is 3.92. The van der Waals surface area contributed by atoms with Gasteiger partial charge >= 0.3 is 0 Å². The average molecular weight is 327 g/mol. The molecule has 3 rings (SSSR count). The number of aryl methyl sites for hydroxylation is 1. The number of hydrogen-bond acceptors (Lipinski definition) is 4. The van der Waals surface area contributed by atoms with Gasteiger partial charge in [-0.25, -0.2) is 4.98 Å². The molecule has 0 spiro atoms. The Kier molecular flexibility index (Phi) is 4.94. The van der Waals surface area contributed by atoms with E-state index in [0.29, 0.717) is 5.92 Å². The fourth-order valence-electron chi connectivity index (χ4n) is 3.37. The lowest BCUT2D eigenvalue weighted by Gasteiger charge is -2.35. The molecule has 0 saturated carbocycles. The highest BCUT2D eigenvalue weighted by Gasteiger charge is 2.31. The van der Waals surface area contributed by atoms with Crippen molar-refractivity contribution in [1.82, 2.24) is 25.0 Å². The molecule has 2 heterocycles. The van der Waals surface area contributed by atoms with Crippen molar-refractivity contribution in [3.05, 3.63) is 47.5 Å². The second-order valence-electron chi connectivity index (χ2n) is 6.75. The predicted molar refractivity (Wildman–Crippen MR) is 92.5 cm³/mol. The maximum atomic E-state index is 13.1. The van der Waals surface area contributed by atoms with Gasteiger partial charge in [0.1, 0.15) is 18.2 Å². The monoisotopic (exact) mass is 327 g/mol. The summed E-state index contributed by atoms with van der Waals surface area (Å²) in [6, 6.07) is 8.01. The minimum atomic E-state index is -0.229. The second-order valence-corrected chi connectivity index (χ2v) is 6.75. The summed E-state index contributed by atoms with van der Waals surface area (Å²) in [5, 5.41) is 6.88. The van der Waals surface area contributed by atoms with E-state index in [1.54, 1.807) is 6.33 Å². The van der Waals surface area contributed by atoms with Crippen LogP contribution in [-0.2, 0) is 4.79 Å². The molecule has 6 heteroatoms. The van der Waals surface area contributed by atoms with E-state index in [2.05, 4.69) is 46.4 Å². The van der Waals surface area contributed by atoms with Crippen molar-refractivity contribution in [1.29, 1.82) is 0 Å². The zero-order valence-electron chi connectivity index (χ0n) is 14.6. The number of aromatic amines is 1. The maximum Gasteiger partial charge on any atom is 0.244 e. The summed E-state index contributed by atoms with van der Waals surface area (Å²) < 4.78 is 0. The first kappa shape index (κ1) is 16.6. The zero-order chi connectivity index (χ0) is 17.1. The quantitative estimate of drug-likeness (QED) is 0.934. The highest BCUT2D eigenvalue weighted by Crippen LogP contribution is 2.28. The third-order valence-corrected chi connectivity index (χ3v) is 4.77. The highest BCUT2D eigenvalue weighted by molar-refractivity contribution is 5.83. The van der Waals surface area contributed by atoms with Crippen LogP contribution in [0.25, 0.3) is 0 Å². The van der Waals surface area contributed by atoms with E-state index >= 15 is 0 Å². The van der Waals surface area contributed by atoms with Gasteiger partial charge in [0.15, 0.2) is 0 Å². The Morgan fingerprint density at radius 1 is 1.25 bits per heavy atom. The summed E-state index contributed by atoms with van der Waals surface area (Å²) >= 11 is 0. The molecule has 1 atom stereocenters. The number of carbonyl (C=O) groups is 1. The Morgan fingerprint density at radius 3 is 2.46 bits per heavy atom. The molecule has 1 aliphatic rings.